The van der Waals surface area contributed by atoms with Crippen LogP contribution in [0.3, 0.4) is 0 Å². The van der Waals surface area contributed by atoms with Gasteiger partial charge in [-0.15, -0.1) is 0 Å². The van der Waals surface area contributed by atoms with Gasteiger partial charge in [-0.25, -0.2) is 9.78 Å². The van der Waals surface area contributed by atoms with Gasteiger partial charge in [0, 0.05) is 12.7 Å². The maximum atomic E-state index is 11.7. The van der Waals surface area contributed by atoms with Gasteiger partial charge in [0.15, 0.2) is 0 Å². The Balaban J connectivity index is 1.86. The Kier molecular flexibility index (Phi) is 4.36. The highest BCUT2D eigenvalue weighted by Gasteiger charge is 2.02. The van der Waals surface area contributed by atoms with E-state index >= 15 is 0 Å². The number of urea groups is 1. The van der Waals surface area contributed by atoms with Crippen molar-refractivity contribution in [2.45, 2.75) is 13.5 Å². The summed E-state index contributed by atoms with van der Waals surface area (Å²) in [5.74, 6) is 0.464. The number of aromatic nitrogens is 1. The quantitative estimate of drug-likeness (QED) is 0.902. The largest absolute Gasteiger partial charge is 0.334 e. The van der Waals surface area contributed by atoms with Crippen LogP contribution in [0.4, 0.5) is 10.6 Å². The topological polar surface area (TPSA) is 54.0 Å². The normalized spacial score (nSPS) is 10.0. The van der Waals surface area contributed by atoms with Gasteiger partial charge in [-0.3, -0.25) is 5.32 Å². The number of carbonyl (C=O) groups excluding carboxylic acids is 1. The molecule has 0 aliphatic rings. The Morgan fingerprint density at radius 1 is 1.32 bits per heavy atom. The number of carbonyl (C=O) groups is 1. The van der Waals surface area contributed by atoms with E-state index in [-0.39, 0.29) is 6.03 Å². The molecule has 2 aromatic rings. The molecule has 2 amide bonds. The minimum atomic E-state index is -0.295. The fourth-order valence-electron chi connectivity index (χ4n) is 1.61. The molecule has 5 heteroatoms. The molecule has 1 aromatic heterocycles. The predicted octanol–water partition coefficient (Wildman–Crippen LogP) is 3.37. The molecule has 2 rings (SSSR count). The molecule has 2 N–H and O–H groups in total. The molecule has 0 radical (unpaired) electrons. The highest BCUT2D eigenvalue weighted by Crippen LogP contribution is 2.09. The number of rotatable bonds is 3. The third kappa shape index (κ3) is 4.26. The van der Waals surface area contributed by atoms with E-state index in [9.17, 15) is 4.79 Å². The first-order chi connectivity index (χ1) is 9.13. The molecule has 1 aromatic carbocycles. The fourth-order valence-corrected chi connectivity index (χ4v) is 1.73. The van der Waals surface area contributed by atoms with Crippen LogP contribution < -0.4 is 10.6 Å². The molecule has 0 saturated heterocycles. The summed E-state index contributed by atoms with van der Waals surface area (Å²) in [6.07, 6.45) is 1.48. The number of halogens is 1. The van der Waals surface area contributed by atoms with Crippen molar-refractivity contribution in [1.29, 1.82) is 0 Å². The van der Waals surface area contributed by atoms with Crippen molar-refractivity contribution in [3.8, 4) is 0 Å². The third-order valence-corrected chi connectivity index (χ3v) is 2.73. The van der Waals surface area contributed by atoms with E-state index in [0.29, 0.717) is 17.4 Å². The SMILES string of the molecule is Cc1cccc(CNC(=O)Nc2ccc(Cl)cn2)c1. The summed E-state index contributed by atoms with van der Waals surface area (Å²) in [6.45, 7) is 2.49. The fraction of sp³-hybridized carbons (Fsp3) is 0.143. The van der Waals surface area contributed by atoms with E-state index in [0.717, 1.165) is 5.56 Å². The van der Waals surface area contributed by atoms with Gasteiger partial charge < -0.3 is 5.32 Å². The molecular formula is C14H14ClN3O. The highest BCUT2D eigenvalue weighted by molar-refractivity contribution is 6.30. The van der Waals surface area contributed by atoms with Crippen molar-refractivity contribution in [3.63, 3.8) is 0 Å². The zero-order valence-corrected chi connectivity index (χ0v) is 11.2. The van der Waals surface area contributed by atoms with E-state index < -0.39 is 0 Å². The molecule has 0 saturated carbocycles. The first kappa shape index (κ1) is 13.4. The van der Waals surface area contributed by atoms with Crippen LogP contribution in [0.15, 0.2) is 42.6 Å². The van der Waals surface area contributed by atoms with Gasteiger partial charge >= 0.3 is 6.03 Å². The van der Waals surface area contributed by atoms with E-state index in [1.807, 2.05) is 31.2 Å². The van der Waals surface area contributed by atoms with Gasteiger partial charge in [0.2, 0.25) is 0 Å². The van der Waals surface area contributed by atoms with Gasteiger partial charge in [0.05, 0.1) is 5.02 Å². The Morgan fingerprint density at radius 3 is 2.84 bits per heavy atom. The highest BCUT2D eigenvalue weighted by atomic mass is 35.5. The van der Waals surface area contributed by atoms with Crippen LogP contribution in [0.1, 0.15) is 11.1 Å². The Bertz CT molecular complexity index is 569. The van der Waals surface area contributed by atoms with Crippen molar-refractivity contribution >= 4 is 23.4 Å². The van der Waals surface area contributed by atoms with Gasteiger partial charge in [-0.1, -0.05) is 41.4 Å². The summed E-state index contributed by atoms with van der Waals surface area (Å²) < 4.78 is 0. The second kappa shape index (κ2) is 6.20. The van der Waals surface area contributed by atoms with Gasteiger partial charge in [-0.05, 0) is 24.6 Å². The number of benzene rings is 1. The van der Waals surface area contributed by atoms with Crippen molar-refractivity contribution < 1.29 is 4.79 Å². The van der Waals surface area contributed by atoms with Gasteiger partial charge in [0.25, 0.3) is 0 Å². The van der Waals surface area contributed by atoms with Crippen molar-refractivity contribution in [2.75, 3.05) is 5.32 Å². The summed E-state index contributed by atoms with van der Waals surface area (Å²) >= 11 is 5.71. The number of hydrogen-bond donors (Lipinski definition) is 2. The van der Waals surface area contributed by atoms with Crippen molar-refractivity contribution in [1.82, 2.24) is 10.3 Å². The molecule has 0 atom stereocenters. The van der Waals surface area contributed by atoms with E-state index in [1.165, 1.54) is 11.8 Å². The molecule has 0 aliphatic heterocycles. The van der Waals surface area contributed by atoms with Gasteiger partial charge in [-0.2, -0.15) is 0 Å². The molecule has 0 fully saturated rings. The molecular weight excluding hydrogens is 262 g/mol. The number of amides is 2. The lowest BCUT2D eigenvalue weighted by Crippen LogP contribution is -2.28. The first-order valence-corrected chi connectivity index (χ1v) is 6.23. The van der Waals surface area contributed by atoms with Crippen molar-refractivity contribution in [3.05, 3.63) is 58.7 Å². The summed E-state index contributed by atoms with van der Waals surface area (Å²) in [7, 11) is 0. The van der Waals surface area contributed by atoms with Crippen LogP contribution in [0.25, 0.3) is 0 Å². The summed E-state index contributed by atoms with van der Waals surface area (Å²) in [5.41, 5.74) is 2.22. The van der Waals surface area contributed by atoms with Crippen LogP contribution >= 0.6 is 11.6 Å². The molecule has 19 heavy (non-hydrogen) atoms. The number of aryl methyl sites for hydroxylation is 1. The maximum Gasteiger partial charge on any atom is 0.320 e. The van der Waals surface area contributed by atoms with E-state index in [2.05, 4.69) is 15.6 Å². The molecule has 98 valence electrons. The number of hydrogen-bond acceptors (Lipinski definition) is 2. The zero-order chi connectivity index (χ0) is 13.7. The molecule has 0 spiro atoms. The number of nitrogens with one attached hydrogen (secondary N) is 2. The summed E-state index contributed by atoms with van der Waals surface area (Å²) in [4.78, 5) is 15.6. The molecule has 4 nitrogen and oxygen atoms in total. The van der Waals surface area contributed by atoms with E-state index in [4.69, 9.17) is 11.6 Å². The minimum Gasteiger partial charge on any atom is -0.334 e. The first-order valence-electron chi connectivity index (χ1n) is 5.85. The zero-order valence-electron chi connectivity index (χ0n) is 10.5. The molecule has 0 bridgehead atoms. The lowest BCUT2D eigenvalue weighted by Gasteiger charge is -2.07. The monoisotopic (exact) mass is 275 g/mol. The van der Waals surface area contributed by atoms with E-state index in [1.54, 1.807) is 12.1 Å². The second-order valence-corrected chi connectivity index (χ2v) is 4.59. The lowest BCUT2D eigenvalue weighted by molar-refractivity contribution is 0.251. The average molecular weight is 276 g/mol. The number of nitrogens with zero attached hydrogens (tertiary/aromatic N) is 1. The number of anilines is 1. The number of pyridine rings is 1. The standard InChI is InChI=1S/C14H14ClN3O/c1-10-3-2-4-11(7-10)8-17-14(19)18-13-6-5-12(15)9-16-13/h2-7,9H,8H2,1H3,(H2,16,17,18,19). The molecule has 1 heterocycles. The third-order valence-electron chi connectivity index (χ3n) is 2.50. The van der Waals surface area contributed by atoms with Crippen LogP contribution in [0, 0.1) is 6.92 Å². The van der Waals surface area contributed by atoms with Crippen LogP contribution in [0.2, 0.25) is 5.02 Å². The Labute approximate surface area is 116 Å². The molecule has 0 aliphatic carbocycles. The Morgan fingerprint density at radius 2 is 2.16 bits per heavy atom. The smallest absolute Gasteiger partial charge is 0.320 e. The minimum absolute atomic E-state index is 0.295. The maximum absolute atomic E-state index is 11.7. The Hall–Kier alpha value is -2.07. The second-order valence-electron chi connectivity index (χ2n) is 4.16. The van der Waals surface area contributed by atoms with Gasteiger partial charge in [0.1, 0.15) is 5.82 Å². The van der Waals surface area contributed by atoms with Crippen LogP contribution in [0.5, 0.6) is 0 Å². The lowest BCUT2D eigenvalue weighted by atomic mass is 10.1. The molecule has 0 unspecified atom stereocenters. The van der Waals surface area contributed by atoms with Crippen LogP contribution in [-0.4, -0.2) is 11.0 Å². The predicted molar refractivity (Wildman–Crippen MR) is 76.3 cm³/mol. The summed E-state index contributed by atoms with van der Waals surface area (Å²) in [5, 5.41) is 5.93. The van der Waals surface area contributed by atoms with Crippen molar-refractivity contribution in [2.24, 2.45) is 0 Å². The van der Waals surface area contributed by atoms with Crippen LogP contribution in [-0.2, 0) is 6.54 Å². The average Bonchev–Trinajstić information content (AvgIpc) is 2.39. The summed E-state index contributed by atoms with van der Waals surface area (Å²) in [6, 6.07) is 11.0.